The second kappa shape index (κ2) is 13.1. The van der Waals surface area contributed by atoms with Crippen LogP contribution in [0.15, 0.2) is 30.3 Å². The SMILES string of the molecule is COC(C)C(=O)OCCC(CCC(C)=O)C(=O)OCc1ccccc1.[B]. The quantitative estimate of drug-likeness (QED) is 0.445. The number of benzene rings is 1. The summed E-state index contributed by atoms with van der Waals surface area (Å²) in [4.78, 5) is 35.1. The number of carbonyl (C=O) groups excluding carboxylic acids is 3. The maximum absolute atomic E-state index is 12.3. The molecule has 0 N–H and O–H groups in total. The molecule has 2 unspecified atom stereocenters. The van der Waals surface area contributed by atoms with Crippen LogP contribution in [0.1, 0.15) is 38.7 Å². The first-order valence-electron chi connectivity index (χ1n) is 8.33. The van der Waals surface area contributed by atoms with Crippen molar-refractivity contribution in [1.82, 2.24) is 0 Å². The average Bonchev–Trinajstić information content (AvgIpc) is 2.62. The molecule has 0 aliphatic heterocycles. The molecular formula is C19H26BO6. The first-order valence-corrected chi connectivity index (χ1v) is 8.33. The fourth-order valence-electron chi connectivity index (χ4n) is 2.12. The van der Waals surface area contributed by atoms with Crippen LogP contribution in [0.3, 0.4) is 0 Å². The van der Waals surface area contributed by atoms with Crippen LogP contribution in [0.25, 0.3) is 0 Å². The molecule has 0 spiro atoms. The van der Waals surface area contributed by atoms with Gasteiger partial charge in [-0.25, -0.2) is 4.79 Å². The Bertz CT molecular complexity index is 560. The number of ether oxygens (including phenoxy) is 3. The van der Waals surface area contributed by atoms with Crippen LogP contribution < -0.4 is 0 Å². The fourth-order valence-corrected chi connectivity index (χ4v) is 2.12. The first kappa shape index (κ1) is 23.9. The number of methoxy groups -OCH3 is 1. The van der Waals surface area contributed by atoms with Crippen molar-refractivity contribution in [3.8, 4) is 0 Å². The van der Waals surface area contributed by atoms with Crippen LogP contribution in [0.2, 0.25) is 0 Å². The summed E-state index contributed by atoms with van der Waals surface area (Å²) < 4.78 is 15.3. The predicted octanol–water partition coefficient (Wildman–Crippen LogP) is 2.30. The Morgan fingerprint density at radius 1 is 1.00 bits per heavy atom. The molecule has 141 valence electrons. The van der Waals surface area contributed by atoms with Crippen LogP contribution in [-0.2, 0) is 35.2 Å². The van der Waals surface area contributed by atoms with Crippen LogP contribution in [0.5, 0.6) is 0 Å². The summed E-state index contributed by atoms with van der Waals surface area (Å²) in [6.07, 6.45) is 0.317. The third-order valence-electron chi connectivity index (χ3n) is 3.80. The van der Waals surface area contributed by atoms with Crippen LogP contribution in [0.4, 0.5) is 0 Å². The molecule has 7 heteroatoms. The van der Waals surface area contributed by atoms with Crippen LogP contribution in [-0.4, -0.2) is 46.0 Å². The van der Waals surface area contributed by atoms with Gasteiger partial charge in [0.2, 0.25) is 0 Å². The lowest BCUT2D eigenvalue weighted by atomic mass is 9.98. The highest BCUT2D eigenvalue weighted by Gasteiger charge is 2.22. The van der Waals surface area contributed by atoms with E-state index >= 15 is 0 Å². The van der Waals surface area contributed by atoms with E-state index in [2.05, 4.69) is 0 Å². The number of hydrogen-bond acceptors (Lipinski definition) is 6. The number of carbonyl (C=O) groups is 3. The van der Waals surface area contributed by atoms with E-state index in [1.165, 1.54) is 14.0 Å². The van der Waals surface area contributed by atoms with Gasteiger partial charge in [0.15, 0.2) is 6.10 Å². The van der Waals surface area contributed by atoms with E-state index in [1.54, 1.807) is 6.92 Å². The number of ketones is 1. The maximum Gasteiger partial charge on any atom is 0.334 e. The van der Waals surface area contributed by atoms with E-state index in [4.69, 9.17) is 14.2 Å². The lowest BCUT2D eigenvalue weighted by Crippen LogP contribution is -2.25. The summed E-state index contributed by atoms with van der Waals surface area (Å²) in [5.74, 6) is -1.35. The topological polar surface area (TPSA) is 78.9 Å². The standard InChI is InChI=1S/C19H26O6.B/c1-14(20)9-10-17(11-12-24-18(21)15(2)23-3)19(22)25-13-16-7-5-4-6-8-16;/h4-8,15,17H,9-13H2,1-3H3;. The second-order valence-corrected chi connectivity index (χ2v) is 5.87. The van der Waals surface area contributed by atoms with E-state index in [1.807, 2.05) is 30.3 Å². The Hall–Kier alpha value is -2.15. The number of rotatable bonds is 11. The van der Waals surface area contributed by atoms with Gasteiger partial charge in [0.05, 0.1) is 12.5 Å². The summed E-state index contributed by atoms with van der Waals surface area (Å²) in [5, 5.41) is 0. The molecule has 0 saturated carbocycles. The highest BCUT2D eigenvalue weighted by molar-refractivity contribution is 5.77. The Morgan fingerprint density at radius 3 is 2.23 bits per heavy atom. The van der Waals surface area contributed by atoms with Crippen molar-refractivity contribution >= 4 is 26.1 Å². The largest absolute Gasteiger partial charge is 0.464 e. The molecule has 0 aliphatic carbocycles. The van der Waals surface area contributed by atoms with Gasteiger partial charge in [-0.3, -0.25) is 4.79 Å². The molecule has 3 radical (unpaired) electrons. The van der Waals surface area contributed by atoms with E-state index in [0.717, 1.165) is 5.56 Å². The molecule has 1 aromatic carbocycles. The monoisotopic (exact) mass is 361 g/mol. The summed E-state index contributed by atoms with van der Waals surface area (Å²) in [7, 11) is 1.42. The Morgan fingerprint density at radius 2 is 1.65 bits per heavy atom. The molecule has 0 heterocycles. The third kappa shape index (κ3) is 9.37. The zero-order valence-electron chi connectivity index (χ0n) is 15.6. The Kier molecular flexibility index (Phi) is 12.0. The van der Waals surface area contributed by atoms with E-state index in [0.29, 0.717) is 12.8 Å². The first-order chi connectivity index (χ1) is 11.9. The van der Waals surface area contributed by atoms with E-state index in [-0.39, 0.29) is 39.8 Å². The molecule has 0 saturated heterocycles. The van der Waals surface area contributed by atoms with Crippen molar-refractivity contribution in [2.24, 2.45) is 5.92 Å². The summed E-state index contributed by atoms with van der Waals surface area (Å²) >= 11 is 0. The molecule has 0 fully saturated rings. The fraction of sp³-hybridized carbons (Fsp3) is 0.526. The summed E-state index contributed by atoms with van der Waals surface area (Å²) in [6.45, 7) is 3.32. The molecule has 6 nitrogen and oxygen atoms in total. The van der Waals surface area contributed by atoms with Gasteiger partial charge in [-0.15, -0.1) is 0 Å². The van der Waals surface area contributed by atoms with Crippen molar-refractivity contribution in [2.75, 3.05) is 13.7 Å². The molecule has 0 amide bonds. The molecule has 1 aromatic rings. The third-order valence-corrected chi connectivity index (χ3v) is 3.80. The second-order valence-electron chi connectivity index (χ2n) is 5.87. The number of esters is 2. The van der Waals surface area contributed by atoms with Crippen LogP contribution >= 0.6 is 0 Å². The van der Waals surface area contributed by atoms with Gasteiger partial charge in [-0.1, -0.05) is 30.3 Å². The van der Waals surface area contributed by atoms with Crippen molar-refractivity contribution in [3.63, 3.8) is 0 Å². The smallest absolute Gasteiger partial charge is 0.334 e. The number of Topliss-reactive ketones (excluding diaryl/α,β-unsaturated/α-hetero) is 1. The lowest BCUT2D eigenvalue weighted by Gasteiger charge is -2.16. The van der Waals surface area contributed by atoms with E-state index in [9.17, 15) is 14.4 Å². The minimum absolute atomic E-state index is 0. The Balaban J connectivity index is 0.00000625. The Labute approximate surface area is 156 Å². The molecule has 1 rings (SSSR count). The predicted molar refractivity (Wildman–Crippen MR) is 97.4 cm³/mol. The summed E-state index contributed by atoms with van der Waals surface area (Å²) in [5.41, 5.74) is 0.890. The minimum atomic E-state index is -0.652. The minimum Gasteiger partial charge on any atom is -0.464 e. The number of hydrogen-bond donors (Lipinski definition) is 0. The van der Waals surface area contributed by atoms with Gasteiger partial charge in [0, 0.05) is 21.9 Å². The molecule has 0 aromatic heterocycles. The lowest BCUT2D eigenvalue weighted by molar-refractivity contribution is -0.157. The van der Waals surface area contributed by atoms with Crippen LogP contribution in [0, 0.1) is 5.92 Å². The molecule has 0 bridgehead atoms. The van der Waals surface area contributed by atoms with Crippen molar-refractivity contribution in [3.05, 3.63) is 35.9 Å². The normalized spacial score (nSPS) is 12.4. The van der Waals surface area contributed by atoms with Gasteiger partial charge < -0.3 is 19.0 Å². The zero-order valence-corrected chi connectivity index (χ0v) is 15.6. The zero-order chi connectivity index (χ0) is 18.7. The maximum atomic E-state index is 12.3. The highest BCUT2D eigenvalue weighted by atomic mass is 16.6. The molecular weight excluding hydrogens is 335 g/mol. The van der Waals surface area contributed by atoms with Gasteiger partial charge in [-0.2, -0.15) is 0 Å². The van der Waals surface area contributed by atoms with Crippen molar-refractivity contribution < 1.29 is 28.6 Å². The molecule has 0 aliphatic rings. The van der Waals surface area contributed by atoms with Gasteiger partial charge in [-0.05, 0) is 32.3 Å². The highest BCUT2D eigenvalue weighted by Crippen LogP contribution is 2.16. The summed E-state index contributed by atoms with van der Waals surface area (Å²) in [6, 6.07) is 9.35. The molecule has 2 atom stereocenters. The van der Waals surface area contributed by atoms with Crippen molar-refractivity contribution in [2.45, 2.75) is 45.8 Å². The van der Waals surface area contributed by atoms with Gasteiger partial charge in [0.25, 0.3) is 0 Å². The van der Waals surface area contributed by atoms with E-state index < -0.39 is 18.0 Å². The van der Waals surface area contributed by atoms with Gasteiger partial charge >= 0.3 is 11.9 Å². The van der Waals surface area contributed by atoms with Crippen molar-refractivity contribution in [1.29, 1.82) is 0 Å². The average molecular weight is 361 g/mol. The molecule has 26 heavy (non-hydrogen) atoms. The van der Waals surface area contributed by atoms with Gasteiger partial charge in [0.1, 0.15) is 12.4 Å².